The van der Waals surface area contributed by atoms with Gasteiger partial charge in [-0.05, 0) is 12.8 Å². The van der Waals surface area contributed by atoms with Crippen molar-refractivity contribution in [1.29, 1.82) is 0 Å². The first-order valence-electron chi connectivity index (χ1n) is 3.60. The molecule has 0 radical (unpaired) electrons. The third-order valence-electron chi connectivity index (χ3n) is 1.33. The van der Waals surface area contributed by atoms with E-state index in [4.69, 9.17) is 5.11 Å². The van der Waals surface area contributed by atoms with Gasteiger partial charge in [0.2, 0.25) is 0 Å². The fraction of sp³-hybridized carbons (Fsp3) is 0.625. The van der Waals surface area contributed by atoms with E-state index in [0.717, 1.165) is 0 Å². The molecule has 0 saturated carbocycles. The second-order valence-corrected chi connectivity index (χ2v) is 2.98. The Morgan fingerprint density at radius 3 is 2.09 bits per heavy atom. The summed E-state index contributed by atoms with van der Waals surface area (Å²) in [5, 5.41) is 11.5. The van der Waals surface area contributed by atoms with Crippen LogP contribution < -0.4 is 5.32 Å². The number of nitrogens with one attached hydrogen (secondary N) is 1. The van der Waals surface area contributed by atoms with Gasteiger partial charge in [-0.25, -0.2) is 4.79 Å². The molecule has 0 aromatic rings. The van der Waals surface area contributed by atoms with Crippen LogP contribution in [0.25, 0.3) is 0 Å². The molecule has 0 heterocycles. The van der Waals surface area contributed by atoms with Gasteiger partial charge in [0.15, 0.2) is 0 Å². The van der Waals surface area contributed by atoms with Crippen molar-refractivity contribution >= 4 is 5.97 Å². The highest BCUT2D eigenvalue weighted by molar-refractivity contribution is 5.74. The lowest BCUT2D eigenvalue weighted by Crippen LogP contribution is -2.39. The molecule has 0 aliphatic rings. The number of aliphatic carboxylic acids is 1. The number of hydrogen-bond acceptors (Lipinski definition) is 2. The van der Waals surface area contributed by atoms with Crippen LogP contribution in [-0.4, -0.2) is 17.1 Å². The molecule has 2 N–H and O–H groups in total. The van der Waals surface area contributed by atoms with Crippen molar-refractivity contribution in [3.63, 3.8) is 0 Å². The van der Waals surface area contributed by atoms with E-state index in [0.29, 0.717) is 5.70 Å². The molecule has 0 rings (SSSR count). The van der Waals surface area contributed by atoms with Gasteiger partial charge in [-0.1, -0.05) is 20.4 Å². The Labute approximate surface area is 67.1 Å². The van der Waals surface area contributed by atoms with Gasteiger partial charge >= 0.3 is 5.97 Å². The van der Waals surface area contributed by atoms with Crippen molar-refractivity contribution in [3.05, 3.63) is 12.3 Å². The second-order valence-electron chi connectivity index (χ2n) is 2.98. The first-order chi connectivity index (χ1) is 4.95. The third-order valence-corrected chi connectivity index (χ3v) is 1.33. The molecular weight excluding hydrogens is 142 g/mol. The Bertz CT molecular complexity index is 163. The van der Waals surface area contributed by atoms with Gasteiger partial charge < -0.3 is 10.4 Å². The monoisotopic (exact) mass is 157 g/mol. The molecule has 1 atom stereocenters. The van der Waals surface area contributed by atoms with Crippen LogP contribution in [-0.2, 0) is 4.79 Å². The number of carboxylic acids is 1. The van der Waals surface area contributed by atoms with E-state index in [9.17, 15) is 4.79 Å². The highest BCUT2D eigenvalue weighted by Gasteiger charge is 2.19. The van der Waals surface area contributed by atoms with Crippen LogP contribution in [0, 0.1) is 5.92 Å². The smallest absolute Gasteiger partial charge is 0.326 e. The minimum absolute atomic E-state index is 0.0733. The molecule has 11 heavy (non-hydrogen) atoms. The largest absolute Gasteiger partial charge is 0.480 e. The Hall–Kier alpha value is -0.990. The summed E-state index contributed by atoms with van der Waals surface area (Å²) in [7, 11) is 0. The number of hydrogen-bond donors (Lipinski definition) is 2. The van der Waals surface area contributed by atoms with Crippen LogP contribution in [0.3, 0.4) is 0 Å². The zero-order chi connectivity index (χ0) is 9.02. The van der Waals surface area contributed by atoms with Gasteiger partial charge in [-0.3, -0.25) is 0 Å². The van der Waals surface area contributed by atoms with Crippen LogP contribution in [0.1, 0.15) is 20.8 Å². The normalized spacial score (nSPS) is 12.7. The van der Waals surface area contributed by atoms with Gasteiger partial charge in [-0.15, -0.1) is 0 Å². The fourth-order valence-electron chi connectivity index (χ4n) is 0.779. The Balaban J connectivity index is 4.12. The van der Waals surface area contributed by atoms with Crippen LogP contribution in [0.2, 0.25) is 0 Å². The lowest BCUT2D eigenvalue weighted by Gasteiger charge is -2.18. The van der Waals surface area contributed by atoms with Crippen LogP contribution >= 0.6 is 0 Å². The van der Waals surface area contributed by atoms with Gasteiger partial charge in [-0.2, -0.15) is 0 Å². The van der Waals surface area contributed by atoms with Gasteiger partial charge in [0.05, 0.1) is 0 Å². The first-order valence-corrected chi connectivity index (χ1v) is 3.60. The zero-order valence-corrected chi connectivity index (χ0v) is 7.22. The van der Waals surface area contributed by atoms with Crippen molar-refractivity contribution in [2.24, 2.45) is 5.92 Å². The van der Waals surface area contributed by atoms with E-state index in [1.807, 2.05) is 13.8 Å². The Morgan fingerprint density at radius 2 is 2.00 bits per heavy atom. The molecule has 3 heteroatoms. The summed E-state index contributed by atoms with van der Waals surface area (Å²) in [5.74, 6) is -0.757. The van der Waals surface area contributed by atoms with Crippen LogP contribution in [0.15, 0.2) is 12.3 Å². The topological polar surface area (TPSA) is 49.3 Å². The predicted molar refractivity (Wildman–Crippen MR) is 44.2 cm³/mol. The van der Waals surface area contributed by atoms with Crippen molar-refractivity contribution in [3.8, 4) is 0 Å². The lowest BCUT2D eigenvalue weighted by molar-refractivity contribution is -0.140. The van der Waals surface area contributed by atoms with Gasteiger partial charge in [0, 0.05) is 5.70 Å². The summed E-state index contributed by atoms with van der Waals surface area (Å²) in [4.78, 5) is 10.6. The third kappa shape index (κ3) is 3.65. The SMILES string of the molecule is C=C(C)NC(C(=O)O)C(C)C. The van der Waals surface area contributed by atoms with E-state index in [-0.39, 0.29) is 5.92 Å². The first kappa shape index (κ1) is 10.0. The fourth-order valence-corrected chi connectivity index (χ4v) is 0.779. The summed E-state index contributed by atoms with van der Waals surface area (Å²) in [5.41, 5.74) is 0.686. The predicted octanol–water partition coefficient (Wildman–Crippen LogP) is 1.22. The quantitative estimate of drug-likeness (QED) is 0.645. The molecule has 3 nitrogen and oxygen atoms in total. The molecule has 0 fully saturated rings. The van der Waals surface area contributed by atoms with Crippen LogP contribution in [0.4, 0.5) is 0 Å². The number of carbonyl (C=O) groups is 1. The van der Waals surface area contributed by atoms with E-state index >= 15 is 0 Å². The average Bonchev–Trinajstić information content (AvgIpc) is 1.81. The molecule has 0 aliphatic carbocycles. The van der Waals surface area contributed by atoms with Crippen LogP contribution in [0.5, 0.6) is 0 Å². The zero-order valence-electron chi connectivity index (χ0n) is 7.22. The maximum Gasteiger partial charge on any atom is 0.326 e. The maximum absolute atomic E-state index is 10.6. The summed E-state index contributed by atoms with van der Waals surface area (Å²) in [6.45, 7) is 9.05. The highest BCUT2D eigenvalue weighted by Crippen LogP contribution is 2.02. The minimum atomic E-state index is -0.831. The molecule has 1 unspecified atom stereocenters. The number of allylic oxidation sites excluding steroid dienone is 1. The summed E-state index contributed by atoms with van der Waals surface area (Å²) in [6, 6.07) is -0.521. The maximum atomic E-state index is 10.6. The highest BCUT2D eigenvalue weighted by atomic mass is 16.4. The molecule has 0 saturated heterocycles. The van der Waals surface area contributed by atoms with E-state index in [1.165, 1.54) is 0 Å². The molecule has 0 aromatic carbocycles. The average molecular weight is 157 g/mol. The standard InChI is InChI=1S/C8H15NO2/c1-5(2)7(8(10)11)9-6(3)4/h5,7,9H,3H2,1-2,4H3,(H,10,11). The van der Waals surface area contributed by atoms with Gasteiger partial charge in [0.1, 0.15) is 6.04 Å². The molecule has 0 amide bonds. The molecule has 0 aromatic heterocycles. The van der Waals surface area contributed by atoms with E-state index < -0.39 is 12.0 Å². The van der Waals surface area contributed by atoms with Crippen molar-refractivity contribution in [1.82, 2.24) is 5.32 Å². The van der Waals surface area contributed by atoms with E-state index in [2.05, 4.69) is 11.9 Å². The van der Waals surface area contributed by atoms with Crippen molar-refractivity contribution < 1.29 is 9.90 Å². The second kappa shape index (κ2) is 4.01. The molecule has 0 aliphatic heterocycles. The van der Waals surface area contributed by atoms with E-state index in [1.54, 1.807) is 6.92 Å². The number of carboxylic acid groups (broad SMARTS) is 1. The van der Waals surface area contributed by atoms with Gasteiger partial charge in [0.25, 0.3) is 0 Å². The number of rotatable bonds is 4. The molecule has 64 valence electrons. The van der Waals surface area contributed by atoms with Crippen molar-refractivity contribution in [2.45, 2.75) is 26.8 Å². The summed E-state index contributed by atoms with van der Waals surface area (Å²) >= 11 is 0. The summed E-state index contributed by atoms with van der Waals surface area (Å²) in [6.07, 6.45) is 0. The summed E-state index contributed by atoms with van der Waals surface area (Å²) < 4.78 is 0. The lowest BCUT2D eigenvalue weighted by atomic mass is 10.0. The molecule has 0 bridgehead atoms. The van der Waals surface area contributed by atoms with Crippen molar-refractivity contribution in [2.75, 3.05) is 0 Å². The molecular formula is C8H15NO2. The Morgan fingerprint density at radius 1 is 1.55 bits per heavy atom. The minimum Gasteiger partial charge on any atom is -0.480 e. The molecule has 0 spiro atoms. The Kier molecular flexibility index (Phi) is 3.65.